The normalized spacial score (nSPS) is 12.4. The Labute approximate surface area is 118 Å². The predicted octanol–water partition coefficient (Wildman–Crippen LogP) is 3.79. The summed E-state index contributed by atoms with van der Waals surface area (Å²) in [4.78, 5) is 0. The highest BCUT2D eigenvalue weighted by atomic mass is 79.9. The highest BCUT2D eigenvalue weighted by Gasteiger charge is 2.18. The molecule has 2 nitrogen and oxygen atoms in total. The quantitative estimate of drug-likeness (QED) is 0.664. The lowest BCUT2D eigenvalue weighted by Crippen LogP contribution is -2.29. The number of halogens is 3. The van der Waals surface area contributed by atoms with Crippen LogP contribution in [0.5, 0.6) is 0 Å². The van der Waals surface area contributed by atoms with Crippen LogP contribution >= 0.6 is 27.5 Å². The standard InChI is InChI=1S/C13H11BrClFN2/c14-11-6-2-5-10(12(11)16)13(18-17)8-3-1-4-9(15)7-8/h1-7,13,18H,17H2. The maximum absolute atomic E-state index is 14.0. The van der Waals surface area contributed by atoms with Crippen molar-refractivity contribution in [3.8, 4) is 0 Å². The highest BCUT2D eigenvalue weighted by Crippen LogP contribution is 2.28. The molecule has 0 bridgehead atoms. The Hall–Kier alpha value is -0.940. The minimum atomic E-state index is -0.443. The first-order chi connectivity index (χ1) is 8.63. The van der Waals surface area contributed by atoms with Crippen LogP contribution in [0, 0.1) is 5.82 Å². The summed E-state index contributed by atoms with van der Waals surface area (Å²) in [6.45, 7) is 0. The number of rotatable bonds is 3. The molecule has 0 radical (unpaired) electrons. The zero-order valence-electron chi connectivity index (χ0n) is 9.33. The third kappa shape index (κ3) is 2.72. The van der Waals surface area contributed by atoms with Gasteiger partial charge in [0, 0.05) is 10.6 Å². The van der Waals surface area contributed by atoms with Crippen molar-refractivity contribution in [2.24, 2.45) is 5.84 Å². The van der Waals surface area contributed by atoms with Crippen LogP contribution in [-0.2, 0) is 0 Å². The number of benzene rings is 2. The molecule has 5 heteroatoms. The van der Waals surface area contributed by atoms with Gasteiger partial charge < -0.3 is 0 Å². The summed E-state index contributed by atoms with van der Waals surface area (Å²) in [7, 11) is 0. The molecule has 94 valence electrons. The van der Waals surface area contributed by atoms with E-state index in [1.807, 2.05) is 6.07 Å². The van der Waals surface area contributed by atoms with Crippen LogP contribution in [-0.4, -0.2) is 0 Å². The fraction of sp³-hybridized carbons (Fsp3) is 0.0769. The van der Waals surface area contributed by atoms with Crippen molar-refractivity contribution < 1.29 is 4.39 Å². The summed E-state index contributed by atoms with van der Waals surface area (Å²) in [5.41, 5.74) is 3.88. The van der Waals surface area contributed by atoms with E-state index in [1.54, 1.807) is 36.4 Å². The van der Waals surface area contributed by atoms with Gasteiger partial charge in [0.1, 0.15) is 5.82 Å². The van der Waals surface area contributed by atoms with Crippen LogP contribution in [0.25, 0.3) is 0 Å². The van der Waals surface area contributed by atoms with Crippen molar-refractivity contribution in [2.75, 3.05) is 0 Å². The van der Waals surface area contributed by atoms with Crippen LogP contribution in [0.3, 0.4) is 0 Å². The molecule has 1 unspecified atom stereocenters. The maximum Gasteiger partial charge on any atom is 0.142 e. The Morgan fingerprint density at radius 1 is 1.22 bits per heavy atom. The average Bonchev–Trinajstić information content (AvgIpc) is 2.35. The molecule has 3 N–H and O–H groups in total. The van der Waals surface area contributed by atoms with E-state index in [0.29, 0.717) is 15.1 Å². The SMILES string of the molecule is NNC(c1cccc(Cl)c1)c1cccc(Br)c1F. The fourth-order valence-corrected chi connectivity index (χ4v) is 2.38. The van der Waals surface area contributed by atoms with Gasteiger partial charge >= 0.3 is 0 Å². The van der Waals surface area contributed by atoms with Gasteiger partial charge in [-0.2, -0.15) is 0 Å². The van der Waals surface area contributed by atoms with Gasteiger partial charge in [-0.3, -0.25) is 5.84 Å². The molecule has 0 fully saturated rings. The molecule has 1 atom stereocenters. The number of hydrogen-bond donors (Lipinski definition) is 2. The molecule has 0 aliphatic heterocycles. The lowest BCUT2D eigenvalue weighted by atomic mass is 9.99. The van der Waals surface area contributed by atoms with Gasteiger partial charge in [0.25, 0.3) is 0 Å². The van der Waals surface area contributed by atoms with Crippen LogP contribution < -0.4 is 11.3 Å². The third-order valence-electron chi connectivity index (χ3n) is 2.64. The van der Waals surface area contributed by atoms with Gasteiger partial charge in [-0.25, -0.2) is 9.82 Å². The molecule has 2 aromatic carbocycles. The van der Waals surface area contributed by atoms with Crippen molar-refractivity contribution in [3.05, 3.63) is 68.9 Å². The van der Waals surface area contributed by atoms with Gasteiger partial charge in [0.05, 0.1) is 10.5 Å². The van der Waals surface area contributed by atoms with E-state index < -0.39 is 6.04 Å². The summed E-state index contributed by atoms with van der Waals surface area (Å²) >= 11 is 9.09. The molecule has 0 saturated carbocycles. The predicted molar refractivity (Wildman–Crippen MR) is 74.7 cm³/mol. The highest BCUT2D eigenvalue weighted by molar-refractivity contribution is 9.10. The molecule has 0 heterocycles. The first-order valence-corrected chi connectivity index (χ1v) is 6.46. The zero-order chi connectivity index (χ0) is 13.1. The third-order valence-corrected chi connectivity index (χ3v) is 3.49. The van der Waals surface area contributed by atoms with E-state index in [1.165, 1.54) is 0 Å². The molecule has 0 aliphatic carbocycles. The molecule has 2 aromatic rings. The second-order valence-electron chi connectivity index (χ2n) is 3.80. The van der Waals surface area contributed by atoms with Crippen LogP contribution in [0.4, 0.5) is 4.39 Å². The lowest BCUT2D eigenvalue weighted by Gasteiger charge is -2.18. The Bertz CT molecular complexity index is 562. The minimum Gasteiger partial charge on any atom is -0.271 e. The van der Waals surface area contributed by atoms with E-state index in [9.17, 15) is 4.39 Å². The molecule has 0 aromatic heterocycles. The van der Waals surface area contributed by atoms with Gasteiger partial charge in [-0.15, -0.1) is 0 Å². The largest absolute Gasteiger partial charge is 0.271 e. The molecular weight excluding hydrogens is 319 g/mol. The van der Waals surface area contributed by atoms with Crippen molar-refractivity contribution in [1.82, 2.24) is 5.43 Å². The van der Waals surface area contributed by atoms with Gasteiger partial charge in [0.2, 0.25) is 0 Å². The average molecular weight is 330 g/mol. The minimum absolute atomic E-state index is 0.333. The number of hydrogen-bond acceptors (Lipinski definition) is 2. The van der Waals surface area contributed by atoms with E-state index in [2.05, 4.69) is 21.4 Å². The van der Waals surface area contributed by atoms with Crippen LogP contribution in [0.1, 0.15) is 17.2 Å². The lowest BCUT2D eigenvalue weighted by molar-refractivity contribution is 0.556. The zero-order valence-corrected chi connectivity index (χ0v) is 11.7. The topological polar surface area (TPSA) is 38.0 Å². The van der Waals surface area contributed by atoms with Crippen molar-refractivity contribution >= 4 is 27.5 Å². The first kappa shape index (κ1) is 13.5. The number of nitrogens with one attached hydrogen (secondary N) is 1. The maximum atomic E-state index is 14.0. The van der Waals surface area contributed by atoms with Crippen molar-refractivity contribution in [3.63, 3.8) is 0 Å². The smallest absolute Gasteiger partial charge is 0.142 e. The van der Waals surface area contributed by atoms with Crippen molar-refractivity contribution in [2.45, 2.75) is 6.04 Å². The second kappa shape index (κ2) is 5.80. The van der Waals surface area contributed by atoms with Crippen molar-refractivity contribution in [1.29, 1.82) is 0 Å². The van der Waals surface area contributed by atoms with Gasteiger partial charge in [-0.05, 0) is 39.7 Å². The van der Waals surface area contributed by atoms with E-state index in [-0.39, 0.29) is 5.82 Å². The van der Waals surface area contributed by atoms with Gasteiger partial charge in [0.15, 0.2) is 0 Å². The Morgan fingerprint density at radius 2 is 1.94 bits per heavy atom. The molecule has 0 spiro atoms. The summed E-state index contributed by atoms with van der Waals surface area (Å²) in [5, 5.41) is 0.586. The monoisotopic (exact) mass is 328 g/mol. The summed E-state index contributed by atoms with van der Waals surface area (Å²) in [6, 6.07) is 11.8. The summed E-state index contributed by atoms with van der Waals surface area (Å²) in [6.07, 6.45) is 0. The summed E-state index contributed by atoms with van der Waals surface area (Å²) < 4.78 is 14.5. The Balaban J connectivity index is 2.49. The second-order valence-corrected chi connectivity index (χ2v) is 5.09. The first-order valence-electron chi connectivity index (χ1n) is 5.29. The Morgan fingerprint density at radius 3 is 2.61 bits per heavy atom. The molecular formula is C13H11BrClFN2. The molecule has 0 amide bonds. The molecule has 2 rings (SSSR count). The van der Waals surface area contributed by atoms with E-state index in [0.717, 1.165) is 5.56 Å². The summed E-state index contributed by atoms with van der Waals surface area (Å²) in [5.74, 6) is 5.20. The van der Waals surface area contributed by atoms with Gasteiger partial charge in [-0.1, -0.05) is 35.9 Å². The molecule has 0 aliphatic rings. The molecule has 18 heavy (non-hydrogen) atoms. The number of nitrogens with two attached hydrogens (primary N) is 1. The van der Waals surface area contributed by atoms with E-state index >= 15 is 0 Å². The number of hydrazine groups is 1. The molecule has 0 saturated heterocycles. The Kier molecular flexibility index (Phi) is 4.35. The van der Waals surface area contributed by atoms with Crippen LogP contribution in [0.15, 0.2) is 46.9 Å². The fourth-order valence-electron chi connectivity index (χ4n) is 1.80. The van der Waals surface area contributed by atoms with E-state index in [4.69, 9.17) is 17.4 Å². The van der Waals surface area contributed by atoms with Crippen LogP contribution in [0.2, 0.25) is 5.02 Å².